The van der Waals surface area contributed by atoms with Gasteiger partial charge in [-0.2, -0.15) is 4.98 Å². The largest absolute Gasteiger partial charge is 0.431 e. The number of aliphatic hydroxyl groups is 2. The number of sulfonamides is 1. The molecule has 5 N–H and O–H groups in total. The number of anilines is 1. The molecule has 0 aliphatic rings. The summed E-state index contributed by atoms with van der Waals surface area (Å²) in [5, 5.41) is 27.4. The maximum Gasteiger partial charge on any atom is 0.309 e. The van der Waals surface area contributed by atoms with Gasteiger partial charge in [-0.15, -0.1) is 0 Å². The third-order valence-electron chi connectivity index (χ3n) is 5.86. The van der Waals surface area contributed by atoms with E-state index in [1.54, 1.807) is 30.3 Å². The van der Waals surface area contributed by atoms with Crippen molar-refractivity contribution in [3.05, 3.63) is 83.2 Å². The van der Waals surface area contributed by atoms with E-state index in [9.17, 15) is 37.0 Å². The first-order valence-electron chi connectivity index (χ1n) is 12.3. The summed E-state index contributed by atoms with van der Waals surface area (Å²) < 4.78 is 62.6. The van der Waals surface area contributed by atoms with Gasteiger partial charge in [0, 0.05) is 25.3 Å². The third kappa shape index (κ3) is 9.60. The van der Waals surface area contributed by atoms with E-state index in [0.717, 1.165) is 24.7 Å². The maximum absolute atomic E-state index is 13.9. The predicted molar refractivity (Wildman–Crippen MR) is 142 cm³/mol. The lowest BCUT2D eigenvalue weighted by molar-refractivity contribution is -0.0269. The van der Waals surface area contributed by atoms with Gasteiger partial charge >= 0.3 is 6.01 Å². The normalized spacial score (nSPS) is 14.5. The molecule has 3 aromatic rings. The van der Waals surface area contributed by atoms with Crippen LogP contribution in [0.15, 0.2) is 59.2 Å². The molecule has 1 heterocycles. The lowest BCUT2D eigenvalue weighted by Crippen LogP contribution is -2.57. The summed E-state index contributed by atoms with van der Waals surface area (Å²) in [5.41, 5.74) is -0.0526. The van der Waals surface area contributed by atoms with E-state index in [-0.39, 0.29) is 30.7 Å². The lowest BCUT2D eigenvalue weighted by atomic mass is 9.92. The monoisotopic (exact) mass is 596 g/mol. The molecule has 1 aromatic heterocycles. The predicted octanol–water partition coefficient (Wildman–Crippen LogP) is 1.22. The number of ether oxygens (including phenoxy) is 1. The molecule has 0 bridgehead atoms. The summed E-state index contributed by atoms with van der Waals surface area (Å²) in [7, 11) is -2.35. The minimum atomic E-state index is -3.76. The minimum Gasteiger partial charge on any atom is -0.431 e. The van der Waals surface area contributed by atoms with E-state index in [1.165, 1.54) is 7.11 Å². The van der Waals surface area contributed by atoms with Crippen LogP contribution < -0.4 is 15.4 Å². The van der Waals surface area contributed by atoms with Crippen LogP contribution >= 0.6 is 0 Å². The molecule has 0 aliphatic carbocycles. The molecule has 41 heavy (non-hydrogen) atoms. The van der Waals surface area contributed by atoms with Crippen molar-refractivity contribution < 1.29 is 46.2 Å². The Labute approximate surface area is 234 Å². The second kappa shape index (κ2) is 14.1. The average molecular weight is 597 g/mol. The summed E-state index contributed by atoms with van der Waals surface area (Å²) in [6, 6.07) is 7.81. The van der Waals surface area contributed by atoms with Crippen LogP contribution in [0.1, 0.15) is 32.8 Å². The van der Waals surface area contributed by atoms with Crippen LogP contribution in [0, 0.1) is 11.6 Å². The van der Waals surface area contributed by atoms with Crippen LogP contribution in [0.25, 0.3) is 0 Å². The molecule has 15 heteroatoms. The van der Waals surface area contributed by atoms with Gasteiger partial charge in [0.25, 0.3) is 11.8 Å². The number of rotatable bonds is 14. The van der Waals surface area contributed by atoms with E-state index >= 15 is 0 Å². The summed E-state index contributed by atoms with van der Waals surface area (Å²) in [6.07, 6.45) is -2.07. The number of nitrogens with zero attached hydrogens (tertiary/aromatic N) is 1. The Morgan fingerprint density at radius 3 is 2.22 bits per heavy atom. The summed E-state index contributed by atoms with van der Waals surface area (Å²) >= 11 is 0. The molecule has 0 fully saturated rings. The Morgan fingerprint density at radius 2 is 1.61 bits per heavy atom. The first-order valence-corrected chi connectivity index (χ1v) is 14.2. The zero-order valence-electron chi connectivity index (χ0n) is 22.1. The standard InChI is InChI=1S/C26H30F2N4O8S/c1-39-9-8-19(29-24(35)16-6-4-3-5-7-16)22(33)23(34)20(12-15-10-17(27)13-18(28)11-15)30-25(36)21-14-40-26(31-21)32-41(2,37)38/h3-7,10-11,13-14,19-20,22-23,33-34H,8-9,12H2,1-2H3,(H,29,35)(H,30,36)(H,31,32)/t19-,20+,22-,23-/m1/s1. The molecule has 4 atom stereocenters. The van der Waals surface area contributed by atoms with Gasteiger partial charge in [0.1, 0.15) is 30.1 Å². The maximum atomic E-state index is 13.9. The van der Waals surface area contributed by atoms with Gasteiger partial charge in [0.15, 0.2) is 5.69 Å². The molecule has 222 valence electrons. The van der Waals surface area contributed by atoms with Crippen molar-refractivity contribution in [3.63, 3.8) is 0 Å². The van der Waals surface area contributed by atoms with Crippen molar-refractivity contribution in [1.29, 1.82) is 0 Å². The highest BCUT2D eigenvalue weighted by molar-refractivity contribution is 7.91. The van der Waals surface area contributed by atoms with Crippen molar-refractivity contribution in [2.75, 3.05) is 24.7 Å². The molecule has 0 unspecified atom stereocenters. The topological polar surface area (TPSA) is 180 Å². The number of hydrogen-bond acceptors (Lipinski definition) is 9. The van der Waals surface area contributed by atoms with Crippen LogP contribution in [-0.2, 0) is 21.2 Å². The van der Waals surface area contributed by atoms with Crippen molar-refractivity contribution >= 4 is 27.9 Å². The summed E-state index contributed by atoms with van der Waals surface area (Å²) in [5.74, 6) is -3.30. The number of benzene rings is 2. The average Bonchev–Trinajstić information content (AvgIpc) is 3.36. The Balaban J connectivity index is 1.87. The molecule has 0 radical (unpaired) electrons. The summed E-state index contributed by atoms with van der Waals surface area (Å²) in [6.45, 7) is 0.0880. The molecule has 0 saturated heterocycles. The molecule has 3 rings (SSSR count). The van der Waals surface area contributed by atoms with E-state index in [4.69, 9.17) is 9.15 Å². The number of halogens is 2. The van der Waals surface area contributed by atoms with Crippen LogP contribution in [0.2, 0.25) is 0 Å². The van der Waals surface area contributed by atoms with Gasteiger partial charge in [-0.3, -0.25) is 9.59 Å². The zero-order chi connectivity index (χ0) is 30.2. The zero-order valence-corrected chi connectivity index (χ0v) is 22.9. The molecular formula is C26H30F2N4O8S. The Hall–Kier alpha value is -3.92. The fourth-order valence-corrected chi connectivity index (χ4v) is 4.37. The number of aliphatic hydroxyl groups excluding tert-OH is 2. The molecular weight excluding hydrogens is 566 g/mol. The number of hydrogen-bond donors (Lipinski definition) is 5. The molecule has 0 saturated carbocycles. The second-order valence-electron chi connectivity index (χ2n) is 9.18. The fourth-order valence-electron chi connectivity index (χ4n) is 3.96. The van der Waals surface area contributed by atoms with Crippen LogP contribution in [0.4, 0.5) is 14.8 Å². The van der Waals surface area contributed by atoms with Crippen molar-refractivity contribution in [2.24, 2.45) is 0 Å². The second-order valence-corrected chi connectivity index (χ2v) is 10.9. The Morgan fingerprint density at radius 1 is 1.00 bits per heavy atom. The van der Waals surface area contributed by atoms with Crippen LogP contribution in [-0.4, -0.2) is 79.7 Å². The Kier molecular flexibility index (Phi) is 10.9. The quantitative estimate of drug-likeness (QED) is 0.183. The van der Waals surface area contributed by atoms with Gasteiger partial charge < -0.3 is 30.0 Å². The number of oxazole rings is 1. The van der Waals surface area contributed by atoms with Crippen molar-refractivity contribution in [2.45, 2.75) is 37.1 Å². The number of nitrogens with one attached hydrogen (secondary N) is 3. The molecule has 0 aliphatic heterocycles. The fraction of sp³-hybridized carbons (Fsp3) is 0.346. The van der Waals surface area contributed by atoms with Gasteiger partial charge in [-0.05, 0) is 42.7 Å². The number of carbonyl (C=O) groups is 2. The van der Waals surface area contributed by atoms with Gasteiger partial charge in [0.05, 0.1) is 18.3 Å². The highest BCUT2D eigenvalue weighted by atomic mass is 32.2. The van der Waals surface area contributed by atoms with E-state index in [0.29, 0.717) is 11.6 Å². The number of amides is 2. The van der Waals surface area contributed by atoms with Crippen molar-refractivity contribution in [1.82, 2.24) is 15.6 Å². The first-order chi connectivity index (χ1) is 19.4. The van der Waals surface area contributed by atoms with E-state index in [1.807, 2.05) is 4.72 Å². The number of methoxy groups -OCH3 is 1. The van der Waals surface area contributed by atoms with Gasteiger partial charge in [-0.25, -0.2) is 21.9 Å². The van der Waals surface area contributed by atoms with Crippen molar-refractivity contribution in [3.8, 4) is 0 Å². The smallest absolute Gasteiger partial charge is 0.309 e. The minimum absolute atomic E-state index is 0.0420. The van der Waals surface area contributed by atoms with Crippen LogP contribution in [0.3, 0.4) is 0 Å². The molecule has 2 amide bonds. The third-order valence-corrected chi connectivity index (χ3v) is 6.41. The van der Waals surface area contributed by atoms with Gasteiger partial charge in [-0.1, -0.05) is 18.2 Å². The molecule has 2 aromatic carbocycles. The van der Waals surface area contributed by atoms with Gasteiger partial charge in [0.2, 0.25) is 10.0 Å². The number of carbonyl (C=O) groups excluding carboxylic acids is 2. The van der Waals surface area contributed by atoms with E-state index in [2.05, 4.69) is 15.6 Å². The SMILES string of the molecule is COCC[C@@H](NC(=O)c1ccccc1)[C@@H](O)[C@H](O)[C@H](Cc1cc(F)cc(F)c1)NC(=O)c1coc(NS(C)(=O)=O)n1. The number of aromatic nitrogens is 1. The highest BCUT2D eigenvalue weighted by Crippen LogP contribution is 2.17. The highest BCUT2D eigenvalue weighted by Gasteiger charge is 2.35. The first kappa shape index (κ1) is 31.6. The van der Waals surface area contributed by atoms with E-state index < -0.39 is 63.8 Å². The molecule has 12 nitrogen and oxygen atoms in total. The summed E-state index contributed by atoms with van der Waals surface area (Å²) in [4.78, 5) is 29.5. The van der Waals surface area contributed by atoms with Crippen LogP contribution in [0.5, 0.6) is 0 Å². The Bertz CT molecular complexity index is 1420. The molecule has 0 spiro atoms. The lowest BCUT2D eigenvalue weighted by Gasteiger charge is -2.33.